The zero-order valence-electron chi connectivity index (χ0n) is 12.0. The van der Waals surface area contributed by atoms with Gasteiger partial charge in [-0.05, 0) is 43.2 Å². The summed E-state index contributed by atoms with van der Waals surface area (Å²) in [7, 11) is 3.83. The Labute approximate surface area is 118 Å². The van der Waals surface area contributed by atoms with Crippen molar-refractivity contribution in [3.63, 3.8) is 0 Å². The number of hydrogen-bond donors (Lipinski definition) is 0. The fourth-order valence-corrected chi connectivity index (χ4v) is 2.54. The Morgan fingerprint density at radius 1 is 1.35 bits per heavy atom. The van der Waals surface area contributed by atoms with Gasteiger partial charge in [-0.3, -0.25) is 4.90 Å². The zero-order chi connectivity index (χ0) is 13.9. The number of anilines is 1. The van der Waals surface area contributed by atoms with Crippen LogP contribution in [0.1, 0.15) is 30.4 Å². The molecule has 0 aromatic carbocycles. The van der Waals surface area contributed by atoms with Gasteiger partial charge in [-0.15, -0.1) is 0 Å². The van der Waals surface area contributed by atoms with Crippen molar-refractivity contribution in [3.05, 3.63) is 30.0 Å². The van der Waals surface area contributed by atoms with Crippen molar-refractivity contribution in [2.75, 3.05) is 32.1 Å². The predicted molar refractivity (Wildman–Crippen MR) is 74.6 cm³/mol. The molecule has 2 aromatic heterocycles. The van der Waals surface area contributed by atoms with E-state index < -0.39 is 0 Å². The maximum absolute atomic E-state index is 5.39. The first-order valence-electron chi connectivity index (χ1n) is 6.98. The van der Waals surface area contributed by atoms with E-state index in [1.807, 2.05) is 31.1 Å². The molecule has 0 spiro atoms. The van der Waals surface area contributed by atoms with Crippen molar-refractivity contribution in [1.82, 2.24) is 15.0 Å². The van der Waals surface area contributed by atoms with Gasteiger partial charge >= 0.3 is 0 Å². The molecular formula is C14H20N4O2. The van der Waals surface area contributed by atoms with Crippen molar-refractivity contribution >= 4 is 5.95 Å². The maximum atomic E-state index is 5.39. The number of furan rings is 1. The van der Waals surface area contributed by atoms with Crippen LogP contribution in [0.4, 0.5) is 5.95 Å². The summed E-state index contributed by atoms with van der Waals surface area (Å²) in [6, 6.07) is 3.96. The lowest BCUT2D eigenvalue weighted by Gasteiger charge is -2.29. The maximum Gasteiger partial charge on any atom is 0.265 e. The van der Waals surface area contributed by atoms with Gasteiger partial charge in [0.1, 0.15) is 5.76 Å². The molecule has 6 heteroatoms. The Hall–Kier alpha value is -1.82. The molecule has 6 nitrogen and oxygen atoms in total. The van der Waals surface area contributed by atoms with E-state index in [4.69, 9.17) is 8.94 Å². The Kier molecular flexibility index (Phi) is 3.73. The van der Waals surface area contributed by atoms with Crippen LogP contribution in [0.3, 0.4) is 0 Å². The second kappa shape index (κ2) is 5.66. The highest BCUT2D eigenvalue weighted by Gasteiger charge is 2.25. The predicted octanol–water partition coefficient (Wildman–Crippen LogP) is 2.11. The third-order valence-corrected chi connectivity index (χ3v) is 3.73. The summed E-state index contributed by atoms with van der Waals surface area (Å²) in [5.41, 5.74) is 0. The topological polar surface area (TPSA) is 58.5 Å². The average molecular weight is 276 g/mol. The van der Waals surface area contributed by atoms with Gasteiger partial charge in [-0.25, -0.2) is 0 Å². The van der Waals surface area contributed by atoms with Crippen LogP contribution >= 0.6 is 0 Å². The summed E-state index contributed by atoms with van der Waals surface area (Å²) in [6.45, 7) is 2.95. The molecule has 1 aliphatic heterocycles. The highest BCUT2D eigenvalue weighted by atomic mass is 16.5. The smallest absolute Gasteiger partial charge is 0.265 e. The minimum atomic E-state index is 0.379. The van der Waals surface area contributed by atoms with Gasteiger partial charge in [-0.1, -0.05) is 0 Å². The molecule has 1 saturated heterocycles. The molecule has 0 N–H and O–H groups in total. The lowest BCUT2D eigenvalue weighted by atomic mass is 9.97. The molecule has 0 bridgehead atoms. The van der Waals surface area contributed by atoms with E-state index in [2.05, 4.69) is 15.0 Å². The first kappa shape index (κ1) is 13.2. The van der Waals surface area contributed by atoms with Crippen LogP contribution in [0, 0.1) is 0 Å². The van der Waals surface area contributed by atoms with Gasteiger partial charge in [0.25, 0.3) is 5.95 Å². The van der Waals surface area contributed by atoms with E-state index in [0.717, 1.165) is 44.1 Å². The van der Waals surface area contributed by atoms with Crippen molar-refractivity contribution in [2.45, 2.75) is 25.3 Å². The zero-order valence-corrected chi connectivity index (χ0v) is 12.0. The molecule has 1 aliphatic rings. The normalized spacial score (nSPS) is 17.5. The molecular weight excluding hydrogens is 256 g/mol. The molecule has 20 heavy (non-hydrogen) atoms. The molecule has 3 rings (SSSR count). The van der Waals surface area contributed by atoms with Crippen LogP contribution < -0.4 is 4.90 Å². The standard InChI is InChI=1S/C14H20N4O2/c1-17(2)14-15-13(20-16-14)11-5-7-18(8-6-11)10-12-4-3-9-19-12/h3-4,9,11H,5-8,10H2,1-2H3. The lowest BCUT2D eigenvalue weighted by Crippen LogP contribution is -2.32. The summed E-state index contributed by atoms with van der Waals surface area (Å²) in [5.74, 6) is 2.82. The molecule has 2 aromatic rings. The SMILES string of the molecule is CN(C)c1noc(C2CCN(Cc3ccco3)CC2)n1. The van der Waals surface area contributed by atoms with Gasteiger partial charge < -0.3 is 13.8 Å². The number of piperidine rings is 1. The lowest BCUT2D eigenvalue weighted by molar-refractivity contribution is 0.176. The average Bonchev–Trinajstić information content (AvgIpc) is 3.10. The Morgan fingerprint density at radius 3 is 2.75 bits per heavy atom. The molecule has 0 unspecified atom stereocenters. The van der Waals surface area contributed by atoms with Crippen molar-refractivity contribution in [1.29, 1.82) is 0 Å². The summed E-state index contributed by atoms with van der Waals surface area (Å²) in [5, 5.41) is 3.98. The van der Waals surface area contributed by atoms with Crippen LogP contribution in [0.2, 0.25) is 0 Å². The van der Waals surface area contributed by atoms with Crippen molar-refractivity contribution in [3.8, 4) is 0 Å². The van der Waals surface area contributed by atoms with Crippen LogP contribution in [0.25, 0.3) is 0 Å². The van der Waals surface area contributed by atoms with Gasteiger partial charge in [-0.2, -0.15) is 4.98 Å². The number of rotatable bonds is 4. The first-order chi connectivity index (χ1) is 9.72. The third kappa shape index (κ3) is 2.85. The van der Waals surface area contributed by atoms with E-state index in [1.54, 1.807) is 6.26 Å². The second-order valence-corrected chi connectivity index (χ2v) is 5.46. The number of nitrogens with zero attached hydrogens (tertiary/aromatic N) is 4. The van der Waals surface area contributed by atoms with Crippen LogP contribution in [-0.4, -0.2) is 42.2 Å². The van der Waals surface area contributed by atoms with Gasteiger partial charge in [0, 0.05) is 20.0 Å². The van der Waals surface area contributed by atoms with Gasteiger partial charge in [0.05, 0.1) is 12.8 Å². The molecule has 108 valence electrons. The van der Waals surface area contributed by atoms with E-state index in [-0.39, 0.29) is 0 Å². The summed E-state index contributed by atoms with van der Waals surface area (Å²) in [6.07, 6.45) is 3.83. The Bertz CT molecular complexity index is 527. The van der Waals surface area contributed by atoms with E-state index in [0.29, 0.717) is 11.9 Å². The van der Waals surface area contributed by atoms with Crippen LogP contribution in [0.5, 0.6) is 0 Å². The molecule has 0 saturated carbocycles. The number of hydrogen-bond acceptors (Lipinski definition) is 6. The Morgan fingerprint density at radius 2 is 2.15 bits per heavy atom. The van der Waals surface area contributed by atoms with Gasteiger partial charge in [0.15, 0.2) is 0 Å². The molecule has 3 heterocycles. The van der Waals surface area contributed by atoms with E-state index >= 15 is 0 Å². The minimum absolute atomic E-state index is 0.379. The Balaban J connectivity index is 1.55. The third-order valence-electron chi connectivity index (χ3n) is 3.73. The first-order valence-corrected chi connectivity index (χ1v) is 6.98. The number of likely N-dealkylation sites (tertiary alicyclic amines) is 1. The molecule has 0 aliphatic carbocycles. The minimum Gasteiger partial charge on any atom is -0.468 e. The quantitative estimate of drug-likeness (QED) is 0.852. The van der Waals surface area contributed by atoms with Crippen molar-refractivity contribution < 1.29 is 8.94 Å². The summed E-state index contributed by atoms with van der Waals surface area (Å²) in [4.78, 5) is 8.71. The monoisotopic (exact) mass is 276 g/mol. The molecule has 0 radical (unpaired) electrons. The molecule has 0 atom stereocenters. The fraction of sp³-hybridized carbons (Fsp3) is 0.571. The summed E-state index contributed by atoms with van der Waals surface area (Å²) >= 11 is 0. The molecule has 0 amide bonds. The second-order valence-electron chi connectivity index (χ2n) is 5.46. The van der Waals surface area contributed by atoms with Crippen LogP contribution in [0.15, 0.2) is 27.3 Å². The van der Waals surface area contributed by atoms with Crippen LogP contribution in [-0.2, 0) is 6.54 Å². The molecule has 1 fully saturated rings. The van der Waals surface area contributed by atoms with E-state index in [9.17, 15) is 0 Å². The van der Waals surface area contributed by atoms with Crippen molar-refractivity contribution in [2.24, 2.45) is 0 Å². The number of aromatic nitrogens is 2. The highest BCUT2D eigenvalue weighted by Crippen LogP contribution is 2.28. The largest absolute Gasteiger partial charge is 0.468 e. The van der Waals surface area contributed by atoms with E-state index in [1.165, 1.54) is 0 Å². The fourth-order valence-electron chi connectivity index (χ4n) is 2.54. The highest BCUT2D eigenvalue weighted by molar-refractivity contribution is 5.24. The summed E-state index contributed by atoms with van der Waals surface area (Å²) < 4.78 is 10.8. The van der Waals surface area contributed by atoms with Gasteiger partial charge in [0.2, 0.25) is 5.89 Å².